The van der Waals surface area contributed by atoms with Crippen LogP contribution in [0, 0.1) is 0 Å². The van der Waals surface area contributed by atoms with E-state index in [9.17, 15) is 15.3 Å². The Hall–Kier alpha value is -1.74. The lowest BCUT2D eigenvalue weighted by Crippen LogP contribution is -2.44. The molecule has 8 heteroatoms. The van der Waals surface area contributed by atoms with Crippen LogP contribution in [0.3, 0.4) is 0 Å². The maximum absolute atomic E-state index is 10.4. The fourth-order valence-corrected chi connectivity index (χ4v) is 2.57. The number of nitrogens with two attached hydrogens (primary N) is 1. The second-order valence-electron chi connectivity index (χ2n) is 5.10. The minimum absolute atomic E-state index is 0.325. The van der Waals surface area contributed by atoms with E-state index in [2.05, 4.69) is 9.97 Å². The lowest BCUT2D eigenvalue weighted by atomic mass is 9.96. The molecule has 0 bridgehead atoms. The first kappa shape index (κ1) is 13.3. The molecular formula is C12H16N4O4. The summed E-state index contributed by atoms with van der Waals surface area (Å²) in [5.74, 6) is 0.325. The molecule has 0 amide bonds. The van der Waals surface area contributed by atoms with Gasteiger partial charge in [-0.2, -0.15) is 0 Å². The molecule has 3 heterocycles. The average Bonchev–Trinajstić information content (AvgIpc) is 2.92. The molecule has 5 N–H and O–H groups in total. The number of rotatable bonds is 2. The Morgan fingerprint density at radius 2 is 2.25 bits per heavy atom. The van der Waals surface area contributed by atoms with Gasteiger partial charge in [-0.05, 0) is 13.0 Å². The summed E-state index contributed by atoms with van der Waals surface area (Å²) in [5, 5.41) is 30.3. The number of hydrogen-bond donors (Lipinski definition) is 4. The first-order chi connectivity index (χ1) is 9.46. The number of anilines is 1. The number of nitrogens with zero attached hydrogens (tertiary/aromatic N) is 3. The van der Waals surface area contributed by atoms with Crippen LogP contribution >= 0.6 is 0 Å². The zero-order valence-electron chi connectivity index (χ0n) is 10.8. The molecular weight excluding hydrogens is 264 g/mol. The van der Waals surface area contributed by atoms with Crippen molar-refractivity contribution in [3.63, 3.8) is 0 Å². The van der Waals surface area contributed by atoms with Crippen molar-refractivity contribution in [1.29, 1.82) is 0 Å². The minimum atomic E-state index is -1.56. The van der Waals surface area contributed by atoms with Gasteiger partial charge in [-0.25, -0.2) is 9.97 Å². The number of ether oxygens (including phenoxy) is 1. The Bertz CT molecular complexity index is 641. The van der Waals surface area contributed by atoms with Gasteiger partial charge in [0.15, 0.2) is 6.23 Å². The van der Waals surface area contributed by atoms with Gasteiger partial charge < -0.3 is 30.4 Å². The van der Waals surface area contributed by atoms with Gasteiger partial charge >= 0.3 is 0 Å². The molecule has 1 unspecified atom stereocenters. The molecule has 0 aliphatic carbocycles. The van der Waals surface area contributed by atoms with Crippen molar-refractivity contribution in [2.75, 3.05) is 12.3 Å². The molecule has 1 saturated heterocycles. The van der Waals surface area contributed by atoms with E-state index in [1.165, 1.54) is 13.3 Å². The second-order valence-corrected chi connectivity index (χ2v) is 5.10. The molecule has 1 aliphatic rings. The Balaban J connectivity index is 2.10. The van der Waals surface area contributed by atoms with E-state index < -0.39 is 24.0 Å². The number of aromatic nitrogens is 3. The van der Waals surface area contributed by atoms with Crippen LogP contribution < -0.4 is 5.73 Å². The Morgan fingerprint density at radius 1 is 1.50 bits per heavy atom. The van der Waals surface area contributed by atoms with Crippen LogP contribution in [0.2, 0.25) is 0 Å². The van der Waals surface area contributed by atoms with Gasteiger partial charge in [0.2, 0.25) is 0 Å². The molecule has 0 saturated carbocycles. The number of fused-ring (bicyclic) bond motifs is 1. The van der Waals surface area contributed by atoms with E-state index in [1.54, 1.807) is 16.8 Å². The van der Waals surface area contributed by atoms with Crippen LogP contribution in [-0.2, 0) is 4.74 Å². The summed E-state index contributed by atoms with van der Waals surface area (Å²) in [6.45, 7) is 1.07. The highest BCUT2D eigenvalue weighted by atomic mass is 16.6. The Kier molecular flexibility index (Phi) is 2.91. The van der Waals surface area contributed by atoms with Crippen LogP contribution in [-0.4, -0.2) is 54.3 Å². The van der Waals surface area contributed by atoms with Crippen molar-refractivity contribution in [3.8, 4) is 0 Å². The molecule has 20 heavy (non-hydrogen) atoms. The maximum Gasteiger partial charge on any atom is 0.167 e. The van der Waals surface area contributed by atoms with Gasteiger partial charge in [0, 0.05) is 6.20 Å². The number of hydrogen-bond acceptors (Lipinski definition) is 7. The molecule has 0 radical (unpaired) electrons. The smallest absolute Gasteiger partial charge is 0.167 e. The maximum atomic E-state index is 10.4. The highest BCUT2D eigenvalue weighted by Gasteiger charge is 2.53. The van der Waals surface area contributed by atoms with Crippen molar-refractivity contribution in [3.05, 3.63) is 18.6 Å². The van der Waals surface area contributed by atoms with E-state index >= 15 is 0 Å². The van der Waals surface area contributed by atoms with Gasteiger partial charge in [0.1, 0.15) is 35.6 Å². The van der Waals surface area contributed by atoms with Crippen molar-refractivity contribution in [2.45, 2.75) is 31.0 Å². The number of nitrogen functional groups attached to an aromatic ring is 1. The van der Waals surface area contributed by atoms with Crippen LogP contribution in [0.1, 0.15) is 13.2 Å². The first-order valence-electron chi connectivity index (χ1n) is 6.20. The monoisotopic (exact) mass is 280 g/mol. The molecule has 0 spiro atoms. The highest BCUT2D eigenvalue weighted by molar-refractivity contribution is 5.86. The van der Waals surface area contributed by atoms with Crippen LogP contribution in [0.25, 0.3) is 11.0 Å². The van der Waals surface area contributed by atoms with Crippen molar-refractivity contribution >= 4 is 16.9 Å². The van der Waals surface area contributed by atoms with E-state index in [1.807, 2.05) is 0 Å². The zero-order chi connectivity index (χ0) is 14.5. The third-order valence-electron chi connectivity index (χ3n) is 3.73. The van der Waals surface area contributed by atoms with Crippen molar-refractivity contribution in [1.82, 2.24) is 14.5 Å². The summed E-state index contributed by atoms with van der Waals surface area (Å²) in [7, 11) is 0. The normalized spacial score (nSPS) is 33.9. The summed E-state index contributed by atoms with van der Waals surface area (Å²) in [5.41, 5.74) is 4.70. The largest absolute Gasteiger partial charge is 0.394 e. The van der Waals surface area contributed by atoms with E-state index in [4.69, 9.17) is 10.5 Å². The zero-order valence-corrected chi connectivity index (χ0v) is 10.8. The summed E-state index contributed by atoms with van der Waals surface area (Å²) < 4.78 is 7.12. The minimum Gasteiger partial charge on any atom is -0.394 e. The SMILES string of the molecule is C[C@@]1(O)C(n2ccc3c(N)ncnc32)O[C@H](CO)[C@@H]1O. The van der Waals surface area contributed by atoms with Gasteiger partial charge in [0.25, 0.3) is 0 Å². The molecule has 4 atom stereocenters. The Morgan fingerprint density at radius 3 is 2.90 bits per heavy atom. The third-order valence-corrected chi connectivity index (χ3v) is 3.73. The lowest BCUT2D eigenvalue weighted by molar-refractivity contribution is -0.0948. The molecule has 1 fully saturated rings. The fourth-order valence-electron chi connectivity index (χ4n) is 2.57. The van der Waals surface area contributed by atoms with E-state index in [0.717, 1.165) is 0 Å². The summed E-state index contributed by atoms with van der Waals surface area (Å²) >= 11 is 0. The van der Waals surface area contributed by atoms with Gasteiger partial charge in [0.05, 0.1) is 12.0 Å². The number of aliphatic hydroxyl groups excluding tert-OH is 2. The van der Waals surface area contributed by atoms with Crippen LogP contribution in [0.5, 0.6) is 0 Å². The van der Waals surface area contributed by atoms with Gasteiger partial charge in [-0.3, -0.25) is 0 Å². The van der Waals surface area contributed by atoms with Crippen molar-refractivity contribution < 1.29 is 20.1 Å². The molecule has 2 aromatic heterocycles. The summed E-state index contributed by atoms with van der Waals surface area (Å²) in [4.78, 5) is 8.01. The van der Waals surface area contributed by atoms with Crippen LogP contribution in [0.4, 0.5) is 5.82 Å². The second kappa shape index (κ2) is 4.38. The highest BCUT2D eigenvalue weighted by Crippen LogP contribution is 2.39. The molecule has 8 nitrogen and oxygen atoms in total. The predicted molar refractivity (Wildman–Crippen MR) is 69.6 cm³/mol. The van der Waals surface area contributed by atoms with Gasteiger partial charge in [-0.15, -0.1) is 0 Å². The molecule has 0 aromatic carbocycles. The topological polar surface area (TPSA) is 127 Å². The third kappa shape index (κ3) is 1.70. The molecule has 3 rings (SSSR count). The molecule has 2 aromatic rings. The summed E-state index contributed by atoms with van der Waals surface area (Å²) in [6.07, 6.45) is 0.0428. The standard InChI is InChI=1S/C12H16N4O4/c1-12(19)8(18)7(4-17)20-11(12)16-3-2-6-9(13)14-5-15-10(6)16/h2-3,5,7-8,11,17-19H,4H2,1H3,(H2,13,14,15)/t7-,8+,11?,12+/m1/s1. The van der Waals surface area contributed by atoms with Crippen LogP contribution in [0.15, 0.2) is 18.6 Å². The quantitative estimate of drug-likeness (QED) is 0.556. The molecule has 1 aliphatic heterocycles. The fraction of sp³-hybridized carbons (Fsp3) is 0.500. The van der Waals surface area contributed by atoms with Gasteiger partial charge in [-0.1, -0.05) is 0 Å². The molecule has 108 valence electrons. The number of aliphatic hydroxyl groups is 3. The predicted octanol–water partition coefficient (Wildman–Crippen LogP) is -0.985. The first-order valence-corrected chi connectivity index (χ1v) is 6.20. The Labute approximate surface area is 114 Å². The van der Waals surface area contributed by atoms with Crippen molar-refractivity contribution in [2.24, 2.45) is 0 Å². The average molecular weight is 280 g/mol. The summed E-state index contributed by atoms with van der Waals surface area (Å²) in [6, 6.07) is 1.71. The van der Waals surface area contributed by atoms with E-state index in [-0.39, 0.29) is 6.61 Å². The van der Waals surface area contributed by atoms with E-state index in [0.29, 0.717) is 16.9 Å². The lowest BCUT2D eigenvalue weighted by Gasteiger charge is -2.27.